The van der Waals surface area contributed by atoms with E-state index >= 15 is 0 Å². The molecule has 0 aromatic heterocycles. The molecule has 2 aromatic carbocycles. The molecule has 102 valence electrons. The second kappa shape index (κ2) is 7.19. The van der Waals surface area contributed by atoms with Crippen molar-refractivity contribution in [3.05, 3.63) is 60.7 Å². The minimum atomic E-state index is -3.37. The first kappa shape index (κ1) is 15.6. The lowest BCUT2D eigenvalue weighted by atomic mass is 10.3. The highest BCUT2D eigenvalue weighted by Crippen LogP contribution is 2.46. The van der Waals surface area contributed by atoms with Crippen LogP contribution in [0.15, 0.2) is 60.7 Å². The SMILES string of the molecule is Cl.NCP(=O)(Oc1ccccc1)Oc1ccccc1. The Kier molecular flexibility index (Phi) is 5.90. The van der Waals surface area contributed by atoms with Crippen LogP contribution in [0.25, 0.3) is 0 Å². The Bertz CT molecular complexity index is 491. The average molecular weight is 300 g/mol. The molecule has 0 aliphatic carbocycles. The molecule has 0 bridgehead atoms. The predicted octanol–water partition coefficient (Wildman–Crippen LogP) is 3.68. The summed E-state index contributed by atoms with van der Waals surface area (Å²) < 4.78 is 23.1. The van der Waals surface area contributed by atoms with Gasteiger partial charge >= 0.3 is 7.60 Å². The van der Waals surface area contributed by atoms with Crippen molar-refractivity contribution in [2.75, 3.05) is 6.29 Å². The van der Waals surface area contributed by atoms with E-state index in [4.69, 9.17) is 14.8 Å². The first-order valence-corrected chi connectivity index (χ1v) is 7.23. The third kappa shape index (κ3) is 4.60. The molecule has 0 aliphatic heterocycles. The Balaban J connectivity index is 0.00000180. The van der Waals surface area contributed by atoms with Gasteiger partial charge in [-0.25, -0.2) is 4.57 Å². The van der Waals surface area contributed by atoms with Crippen molar-refractivity contribution < 1.29 is 13.6 Å². The van der Waals surface area contributed by atoms with Crippen LogP contribution >= 0.6 is 20.0 Å². The Morgan fingerprint density at radius 2 is 1.21 bits per heavy atom. The van der Waals surface area contributed by atoms with Crippen molar-refractivity contribution in [1.29, 1.82) is 0 Å². The second-order valence-corrected chi connectivity index (χ2v) is 5.55. The summed E-state index contributed by atoms with van der Waals surface area (Å²) in [6.45, 7) is 0. The van der Waals surface area contributed by atoms with E-state index in [0.29, 0.717) is 11.5 Å². The van der Waals surface area contributed by atoms with Gasteiger partial charge in [0.25, 0.3) is 0 Å². The minimum absolute atomic E-state index is 0. The van der Waals surface area contributed by atoms with Gasteiger partial charge in [-0.2, -0.15) is 0 Å². The maximum Gasteiger partial charge on any atom is 0.444 e. The standard InChI is InChI=1S/C13H14NO3P.ClH/c14-11-18(15,16-12-7-3-1-4-8-12)17-13-9-5-2-6-10-13;/h1-10H,11,14H2;1H. The van der Waals surface area contributed by atoms with Crippen molar-refractivity contribution in [1.82, 2.24) is 0 Å². The van der Waals surface area contributed by atoms with Crippen LogP contribution in [0, 0.1) is 0 Å². The molecule has 0 spiro atoms. The van der Waals surface area contributed by atoms with E-state index < -0.39 is 7.60 Å². The fourth-order valence-corrected chi connectivity index (χ4v) is 2.45. The topological polar surface area (TPSA) is 61.6 Å². The maximum absolute atomic E-state index is 12.4. The number of rotatable bonds is 5. The van der Waals surface area contributed by atoms with Gasteiger partial charge < -0.3 is 14.8 Å². The van der Waals surface area contributed by atoms with E-state index in [-0.39, 0.29) is 18.7 Å². The molecule has 0 saturated heterocycles. The average Bonchev–Trinajstić information content (AvgIpc) is 2.41. The third-order valence-electron chi connectivity index (χ3n) is 2.20. The van der Waals surface area contributed by atoms with Gasteiger partial charge in [0.2, 0.25) is 0 Å². The predicted molar refractivity (Wildman–Crippen MR) is 78.0 cm³/mol. The molecule has 0 amide bonds. The van der Waals surface area contributed by atoms with E-state index in [1.54, 1.807) is 48.5 Å². The molecule has 2 aromatic rings. The van der Waals surface area contributed by atoms with Gasteiger partial charge in [-0.1, -0.05) is 36.4 Å². The summed E-state index contributed by atoms with van der Waals surface area (Å²) in [5.74, 6) is 0.949. The van der Waals surface area contributed by atoms with Crippen LogP contribution in [0.4, 0.5) is 0 Å². The molecular formula is C13H15ClNO3P. The van der Waals surface area contributed by atoms with Gasteiger partial charge in [0.1, 0.15) is 17.8 Å². The van der Waals surface area contributed by atoms with Gasteiger partial charge in [-0.3, -0.25) is 0 Å². The molecule has 19 heavy (non-hydrogen) atoms. The minimum Gasteiger partial charge on any atom is -0.415 e. The highest BCUT2D eigenvalue weighted by molar-refractivity contribution is 7.54. The van der Waals surface area contributed by atoms with E-state index in [2.05, 4.69) is 0 Å². The van der Waals surface area contributed by atoms with E-state index in [0.717, 1.165) is 0 Å². The molecule has 2 N–H and O–H groups in total. The number of hydrogen-bond donors (Lipinski definition) is 1. The zero-order chi connectivity index (χ0) is 12.8. The van der Waals surface area contributed by atoms with Crippen molar-refractivity contribution >= 4 is 20.0 Å². The number of benzene rings is 2. The largest absolute Gasteiger partial charge is 0.444 e. The van der Waals surface area contributed by atoms with Crippen LogP contribution < -0.4 is 14.8 Å². The van der Waals surface area contributed by atoms with Crippen molar-refractivity contribution in [2.45, 2.75) is 0 Å². The molecule has 0 atom stereocenters. The Morgan fingerprint density at radius 1 is 0.842 bits per heavy atom. The molecule has 0 unspecified atom stereocenters. The highest BCUT2D eigenvalue weighted by atomic mass is 35.5. The fraction of sp³-hybridized carbons (Fsp3) is 0.0769. The first-order chi connectivity index (χ1) is 8.72. The molecule has 4 nitrogen and oxygen atoms in total. The summed E-state index contributed by atoms with van der Waals surface area (Å²) in [6.07, 6.45) is -0.184. The monoisotopic (exact) mass is 299 g/mol. The van der Waals surface area contributed by atoms with E-state index in [1.165, 1.54) is 0 Å². The molecule has 0 heterocycles. The molecule has 0 radical (unpaired) electrons. The quantitative estimate of drug-likeness (QED) is 0.856. The molecule has 6 heteroatoms. The van der Waals surface area contributed by atoms with Crippen LogP contribution in [-0.4, -0.2) is 6.29 Å². The van der Waals surface area contributed by atoms with Gasteiger partial charge in [-0.05, 0) is 24.3 Å². The number of para-hydroxylation sites is 2. The number of hydrogen-bond acceptors (Lipinski definition) is 4. The molecule has 0 aliphatic rings. The summed E-state index contributed by atoms with van der Waals surface area (Å²) in [4.78, 5) is 0. The Morgan fingerprint density at radius 3 is 1.53 bits per heavy atom. The molecule has 0 fully saturated rings. The van der Waals surface area contributed by atoms with Crippen molar-refractivity contribution in [3.8, 4) is 11.5 Å². The summed E-state index contributed by atoms with van der Waals surface area (Å²) in [5, 5.41) is 0. The van der Waals surface area contributed by atoms with Crippen LogP contribution in [-0.2, 0) is 4.57 Å². The molecular weight excluding hydrogens is 285 g/mol. The third-order valence-corrected chi connectivity index (χ3v) is 3.62. The Hall–Kier alpha value is -1.48. The normalized spacial score (nSPS) is 10.4. The van der Waals surface area contributed by atoms with Crippen molar-refractivity contribution in [3.63, 3.8) is 0 Å². The number of nitrogens with two attached hydrogens (primary N) is 1. The maximum atomic E-state index is 12.4. The summed E-state index contributed by atoms with van der Waals surface area (Å²) in [6, 6.07) is 17.7. The highest BCUT2D eigenvalue weighted by Gasteiger charge is 2.25. The van der Waals surface area contributed by atoms with E-state index in [9.17, 15) is 4.57 Å². The van der Waals surface area contributed by atoms with Crippen LogP contribution in [0.5, 0.6) is 11.5 Å². The zero-order valence-corrected chi connectivity index (χ0v) is 11.8. The smallest absolute Gasteiger partial charge is 0.415 e. The van der Waals surface area contributed by atoms with E-state index in [1.807, 2.05) is 12.1 Å². The van der Waals surface area contributed by atoms with Gasteiger partial charge in [0, 0.05) is 0 Å². The lowest BCUT2D eigenvalue weighted by molar-refractivity contribution is 0.386. The lowest BCUT2D eigenvalue weighted by Crippen LogP contribution is -2.11. The second-order valence-electron chi connectivity index (χ2n) is 3.60. The van der Waals surface area contributed by atoms with Crippen LogP contribution in [0.3, 0.4) is 0 Å². The van der Waals surface area contributed by atoms with Gasteiger partial charge in [0.05, 0.1) is 0 Å². The zero-order valence-electron chi connectivity index (χ0n) is 10.1. The Labute approximate surface area is 118 Å². The summed E-state index contributed by atoms with van der Waals surface area (Å²) in [5.41, 5.74) is 5.49. The number of halogens is 1. The van der Waals surface area contributed by atoms with Gasteiger partial charge in [-0.15, -0.1) is 12.4 Å². The fourth-order valence-electron chi connectivity index (χ4n) is 1.38. The van der Waals surface area contributed by atoms with Gasteiger partial charge in [0.15, 0.2) is 0 Å². The molecule has 2 rings (SSSR count). The first-order valence-electron chi connectivity index (χ1n) is 5.50. The van der Waals surface area contributed by atoms with Crippen LogP contribution in [0.2, 0.25) is 0 Å². The lowest BCUT2D eigenvalue weighted by Gasteiger charge is -2.18. The van der Waals surface area contributed by atoms with Crippen molar-refractivity contribution in [2.24, 2.45) is 5.73 Å². The summed E-state index contributed by atoms with van der Waals surface area (Å²) >= 11 is 0. The molecule has 0 saturated carbocycles. The summed E-state index contributed by atoms with van der Waals surface area (Å²) in [7, 11) is -3.37. The van der Waals surface area contributed by atoms with Crippen LogP contribution in [0.1, 0.15) is 0 Å².